The Morgan fingerprint density at radius 1 is 1.20 bits per heavy atom. The lowest BCUT2D eigenvalue weighted by Gasteiger charge is -2.33. The minimum absolute atomic E-state index is 0.532. The van der Waals surface area contributed by atoms with E-state index in [2.05, 4.69) is 46.3 Å². The van der Waals surface area contributed by atoms with E-state index in [4.69, 9.17) is 4.42 Å². The molecular formula is C16H19N3O. The minimum Gasteiger partial charge on any atom is -0.423 e. The second kappa shape index (κ2) is 4.62. The van der Waals surface area contributed by atoms with Crippen molar-refractivity contribution in [1.29, 1.82) is 0 Å². The van der Waals surface area contributed by atoms with Gasteiger partial charge in [-0.25, -0.2) is 0 Å². The molecular weight excluding hydrogens is 250 g/mol. The first kappa shape index (κ1) is 11.9. The molecule has 1 saturated carbocycles. The number of hydrogen-bond donors (Lipinski definition) is 0. The van der Waals surface area contributed by atoms with E-state index in [1.54, 1.807) is 0 Å². The van der Waals surface area contributed by atoms with Crippen molar-refractivity contribution in [2.24, 2.45) is 0 Å². The van der Waals surface area contributed by atoms with Crippen molar-refractivity contribution in [3.8, 4) is 0 Å². The van der Waals surface area contributed by atoms with E-state index in [9.17, 15) is 0 Å². The molecule has 0 spiro atoms. The number of hydrogen-bond acceptors (Lipinski definition) is 4. The highest BCUT2D eigenvalue weighted by Gasteiger charge is 2.30. The SMILES string of the molecule is C[C@H]1CCN(Cc2nnc(C3CC3)o2)c2ccccc21. The molecule has 4 nitrogen and oxygen atoms in total. The maximum absolute atomic E-state index is 5.79. The fourth-order valence-electron chi connectivity index (χ4n) is 2.97. The van der Waals surface area contributed by atoms with Crippen molar-refractivity contribution in [1.82, 2.24) is 10.2 Å². The van der Waals surface area contributed by atoms with Crippen molar-refractivity contribution in [2.45, 2.75) is 44.6 Å². The first-order valence-corrected chi connectivity index (χ1v) is 7.47. The van der Waals surface area contributed by atoms with Crippen LogP contribution in [-0.4, -0.2) is 16.7 Å². The average molecular weight is 269 g/mol. The van der Waals surface area contributed by atoms with Gasteiger partial charge in [0.2, 0.25) is 11.8 Å². The summed E-state index contributed by atoms with van der Waals surface area (Å²) in [4.78, 5) is 2.36. The number of benzene rings is 1. The molecule has 0 bridgehead atoms. The van der Waals surface area contributed by atoms with Gasteiger partial charge in [0.1, 0.15) is 0 Å². The summed E-state index contributed by atoms with van der Waals surface area (Å²) in [5.74, 6) is 2.74. The molecule has 20 heavy (non-hydrogen) atoms. The van der Waals surface area contributed by atoms with Gasteiger partial charge in [0.15, 0.2) is 0 Å². The Hall–Kier alpha value is -1.84. The van der Waals surface area contributed by atoms with Crippen LogP contribution in [0.1, 0.15) is 55.4 Å². The van der Waals surface area contributed by atoms with Gasteiger partial charge in [0.25, 0.3) is 0 Å². The third-order valence-electron chi connectivity index (χ3n) is 4.38. The molecule has 0 saturated heterocycles. The summed E-state index contributed by atoms with van der Waals surface area (Å²) in [6.45, 7) is 4.08. The topological polar surface area (TPSA) is 42.2 Å². The van der Waals surface area contributed by atoms with E-state index in [0.29, 0.717) is 11.8 Å². The molecule has 0 N–H and O–H groups in total. The molecule has 0 amide bonds. The van der Waals surface area contributed by atoms with Crippen LogP contribution >= 0.6 is 0 Å². The highest BCUT2D eigenvalue weighted by molar-refractivity contribution is 5.56. The van der Waals surface area contributed by atoms with Crippen molar-refractivity contribution in [2.75, 3.05) is 11.4 Å². The van der Waals surface area contributed by atoms with Crippen LogP contribution in [0.5, 0.6) is 0 Å². The van der Waals surface area contributed by atoms with Crippen LogP contribution in [0.3, 0.4) is 0 Å². The van der Waals surface area contributed by atoms with E-state index < -0.39 is 0 Å². The smallest absolute Gasteiger partial charge is 0.235 e. The second-order valence-corrected chi connectivity index (χ2v) is 5.98. The summed E-state index contributed by atoms with van der Waals surface area (Å²) < 4.78 is 5.79. The van der Waals surface area contributed by atoms with E-state index in [1.807, 2.05) is 0 Å². The van der Waals surface area contributed by atoms with Gasteiger partial charge in [0.05, 0.1) is 6.54 Å². The zero-order valence-electron chi connectivity index (χ0n) is 11.7. The van der Waals surface area contributed by atoms with Crippen molar-refractivity contribution >= 4 is 5.69 Å². The Morgan fingerprint density at radius 2 is 2.05 bits per heavy atom. The van der Waals surface area contributed by atoms with E-state index in [-0.39, 0.29) is 0 Å². The summed E-state index contributed by atoms with van der Waals surface area (Å²) in [6, 6.07) is 8.66. The summed E-state index contributed by atoms with van der Waals surface area (Å²) in [5, 5.41) is 8.38. The molecule has 1 fully saturated rings. The molecule has 2 aliphatic rings. The molecule has 0 radical (unpaired) electrons. The third kappa shape index (κ3) is 2.09. The summed E-state index contributed by atoms with van der Waals surface area (Å²) in [6.07, 6.45) is 3.58. The van der Waals surface area contributed by atoms with Gasteiger partial charge in [-0.3, -0.25) is 0 Å². The van der Waals surface area contributed by atoms with E-state index in [0.717, 1.165) is 24.9 Å². The molecule has 4 rings (SSSR count). The predicted octanol–water partition coefficient (Wildman–Crippen LogP) is 3.46. The number of fused-ring (bicyclic) bond motifs is 1. The number of anilines is 1. The summed E-state index contributed by atoms with van der Waals surface area (Å²) in [5.41, 5.74) is 2.75. The number of rotatable bonds is 3. The van der Waals surface area contributed by atoms with Crippen LogP contribution in [0.25, 0.3) is 0 Å². The van der Waals surface area contributed by atoms with Crippen molar-refractivity contribution in [3.05, 3.63) is 41.6 Å². The lowest BCUT2D eigenvalue weighted by Crippen LogP contribution is -2.30. The van der Waals surface area contributed by atoms with Crippen LogP contribution in [0.4, 0.5) is 5.69 Å². The lowest BCUT2D eigenvalue weighted by molar-refractivity contribution is 0.441. The van der Waals surface area contributed by atoms with Crippen LogP contribution in [-0.2, 0) is 6.54 Å². The zero-order chi connectivity index (χ0) is 13.5. The Balaban J connectivity index is 1.57. The fraction of sp³-hybridized carbons (Fsp3) is 0.500. The van der Waals surface area contributed by atoms with Gasteiger partial charge in [-0.05, 0) is 36.8 Å². The highest BCUT2D eigenvalue weighted by atomic mass is 16.4. The van der Waals surface area contributed by atoms with Gasteiger partial charge < -0.3 is 9.32 Å². The van der Waals surface area contributed by atoms with Crippen LogP contribution in [0.15, 0.2) is 28.7 Å². The molecule has 1 aromatic carbocycles. The Morgan fingerprint density at radius 3 is 2.90 bits per heavy atom. The predicted molar refractivity (Wildman–Crippen MR) is 76.8 cm³/mol. The number of para-hydroxylation sites is 1. The molecule has 2 aromatic rings. The van der Waals surface area contributed by atoms with Crippen LogP contribution in [0.2, 0.25) is 0 Å². The molecule has 1 aliphatic heterocycles. The van der Waals surface area contributed by atoms with Crippen LogP contribution < -0.4 is 4.90 Å². The average Bonchev–Trinajstić information content (AvgIpc) is 3.23. The van der Waals surface area contributed by atoms with Gasteiger partial charge >= 0.3 is 0 Å². The molecule has 2 heterocycles. The molecule has 104 valence electrons. The number of aromatic nitrogens is 2. The molecule has 0 unspecified atom stereocenters. The number of nitrogens with zero attached hydrogens (tertiary/aromatic N) is 3. The molecule has 1 aliphatic carbocycles. The lowest BCUT2D eigenvalue weighted by atomic mass is 9.91. The minimum atomic E-state index is 0.532. The van der Waals surface area contributed by atoms with Crippen LogP contribution in [0, 0.1) is 0 Å². The largest absolute Gasteiger partial charge is 0.423 e. The third-order valence-corrected chi connectivity index (χ3v) is 4.38. The molecule has 1 aromatic heterocycles. The first-order chi connectivity index (χ1) is 9.81. The summed E-state index contributed by atoms with van der Waals surface area (Å²) in [7, 11) is 0. The van der Waals surface area contributed by atoms with Crippen molar-refractivity contribution in [3.63, 3.8) is 0 Å². The zero-order valence-corrected chi connectivity index (χ0v) is 11.7. The standard InChI is InChI=1S/C16H19N3O/c1-11-8-9-19(14-5-3-2-4-13(11)14)10-15-17-18-16(20-15)12-6-7-12/h2-5,11-12H,6-10H2,1H3/t11-/m0/s1. The van der Waals surface area contributed by atoms with Gasteiger partial charge in [-0.1, -0.05) is 25.1 Å². The maximum Gasteiger partial charge on any atom is 0.235 e. The molecule has 1 atom stereocenters. The fourth-order valence-corrected chi connectivity index (χ4v) is 2.97. The van der Waals surface area contributed by atoms with E-state index >= 15 is 0 Å². The van der Waals surface area contributed by atoms with Crippen molar-refractivity contribution < 1.29 is 4.42 Å². The molecule has 4 heteroatoms. The maximum atomic E-state index is 5.79. The van der Waals surface area contributed by atoms with Gasteiger partial charge in [-0.2, -0.15) is 0 Å². The van der Waals surface area contributed by atoms with Gasteiger partial charge in [-0.15, -0.1) is 10.2 Å². The second-order valence-electron chi connectivity index (χ2n) is 5.98. The monoisotopic (exact) mass is 269 g/mol. The Bertz CT molecular complexity index is 618. The summed E-state index contributed by atoms with van der Waals surface area (Å²) >= 11 is 0. The van der Waals surface area contributed by atoms with E-state index in [1.165, 1.54) is 30.5 Å². The quantitative estimate of drug-likeness (QED) is 0.855. The Labute approximate surface area is 118 Å². The van der Waals surface area contributed by atoms with Gasteiger partial charge in [0, 0.05) is 18.2 Å². The normalized spacial score (nSPS) is 21.9. The highest BCUT2D eigenvalue weighted by Crippen LogP contribution is 2.39. The Kier molecular flexibility index (Phi) is 2.76. The first-order valence-electron chi connectivity index (χ1n) is 7.47.